The number of nitrogens with one attached hydrogen (secondary N) is 1. The first-order valence-corrected chi connectivity index (χ1v) is 10.2. The summed E-state index contributed by atoms with van der Waals surface area (Å²) >= 11 is 6.07. The Bertz CT molecular complexity index is 1210. The number of benzene rings is 2. The molecule has 4 rings (SSSR count). The zero-order chi connectivity index (χ0) is 22.9. The molecule has 162 valence electrons. The summed E-state index contributed by atoms with van der Waals surface area (Å²) in [5, 5.41) is 22.0. The summed E-state index contributed by atoms with van der Waals surface area (Å²) in [6, 6.07) is 17.8. The fraction of sp³-hybridized carbons (Fsp3) is 0.167. The van der Waals surface area contributed by atoms with Crippen molar-refractivity contribution in [1.29, 1.82) is 0 Å². The van der Waals surface area contributed by atoms with E-state index < -0.39 is 23.4 Å². The van der Waals surface area contributed by atoms with Crippen molar-refractivity contribution >= 4 is 29.4 Å². The molecule has 8 heteroatoms. The standard InChI is InChI=1S/C24H19ClN2O5/c25-18-3-1-2-16(10-18)14-4-6-15(7-5-14)19-12-24(19,13-21(28)29)27-22(30)17-8-9-26-20(11-17)23(31)32/h1-11,19H,12-13H2,(H,27,30)(H,28,29)(H,31,32)/t19-,24?/m0/s1. The summed E-state index contributed by atoms with van der Waals surface area (Å²) in [4.78, 5) is 39.1. The molecule has 32 heavy (non-hydrogen) atoms. The second-order valence-corrected chi connectivity index (χ2v) is 8.24. The van der Waals surface area contributed by atoms with Gasteiger partial charge in [0.25, 0.3) is 5.91 Å². The van der Waals surface area contributed by atoms with Crippen molar-refractivity contribution in [2.75, 3.05) is 0 Å². The van der Waals surface area contributed by atoms with Gasteiger partial charge < -0.3 is 15.5 Å². The molecule has 2 aromatic carbocycles. The van der Waals surface area contributed by atoms with Crippen molar-refractivity contribution in [1.82, 2.24) is 10.3 Å². The van der Waals surface area contributed by atoms with Crippen LogP contribution in [0.2, 0.25) is 5.02 Å². The maximum atomic E-state index is 12.8. The van der Waals surface area contributed by atoms with Gasteiger partial charge in [-0.3, -0.25) is 9.59 Å². The number of carbonyl (C=O) groups excluding carboxylic acids is 1. The molecular weight excluding hydrogens is 432 g/mol. The first-order chi connectivity index (χ1) is 15.3. The summed E-state index contributed by atoms with van der Waals surface area (Å²) in [5.41, 5.74) is 1.78. The minimum Gasteiger partial charge on any atom is -0.481 e. The molecule has 1 aliphatic carbocycles. The number of nitrogens with zero attached hydrogens (tertiary/aromatic N) is 1. The Balaban J connectivity index is 1.55. The fourth-order valence-corrected chi connectivity index (χ4v) is 4.14. The number of amides is 1. The molecule has 0 saturated heterocycles. The van der Waals surface area contributed by atoms with Gasteiger partial charge >= 0.3 is 11.9 Å². The summed E-state index contributed by atoms with van der Waals surface area (Å²) in [6.45, 7) is 0. The van der Waals surface area contributed by atoms with Crippen LogP contribution < -0.4 is 5.32 Å². The third-order valence-electron chi connectivity index (χ3n) is 5.62. The SMILES string of the molecule is O=C(O)CC1(NC(=O)c2ccnc(C(=O)O)c2)C[C@H]1c1ccc(-c2cccc(Cl)c2)cc1. The van der Waals surface area contributed by atoms with Crippen LogP contribution in [0.3, 0.4) is 0 Å². The van der Waals surface area contributed by atoms with Crippen LogP contribution in [-0.2, 0) is 4.79 Å². The number of aromatic nitrogens is 1. The highest BCUT2D eigenvalue weighted by atomic mass is 35.5. The van der Waals surface area contributed by atoms with Crippen LogP contribution in [0.1, 0.15) is 45.2 Å². The predicted molar refractivity (Wildman–Crippen MR) is 118 cm³/mol. The van der Waals surface area contributed by atoms with Crippen LogP contribution in [0.15, 0.2) is 66.9 Å². The Hall–Kier alpha value is -3.71. The van der Waals surface area contributed by atoms with Crippen molar-refractivity contribution in [2.45, 2.75) is 24.3 Å². The van der Waals surface area contributed by atoms with E-state index in [1.54, 1.807) is 6.07 Å². The smallest absolute Gasteiger partial charge is 0.354 e. The summed E-state index contributed by atoms with van der Waals surface area (Å²) in [6.07, 6.45) is 1.47. The molecule has 0 spiro atoms. The molecule has 1 amide bonds. The Morgan fingerprint density at radius 2 is 1.78 bits per heavy atom. The minimum absolute atomic E-state index is 0.115. The molecule has 1 saturated carbocycles. The Morgan fingerprint density at radius 1 is 1.03 bits per heavy atom. The van der Waals surface area contributed by atoms with Crippen molar-refractivity contribution in [3.63, 3.8) is 0 Å². The van der Waals surface area contributed by atoms with Gasteiger partial charge in [0.1, 0.15) is 5.69 Å². The number of pyridine rings is 1. The number of carboxylic acid groups (broad SMARTS) is 2. The number of hydrogen-bond donors (Lipinski definition) is 3. The fourth-order valence-electron chi connectivity index (χ4n) is 3.95. The van der Waals surface area contributed by atoms with Gasteiger partial charge in [0.15, 0.2) is 0 Å². The van der Waals surface area contributed by atoms with Gasteiger partial charge in [0.2, 0.25) is 0 Å². The van der Waals surface area contributed by atoms with Crippen LogP contribution in [0.5, 0.6) is 0 Å². The maximum Gasteiger partial charge on any atom is 0.354 e. The van der Waals surface area contributed by atoms with Gasteiger partial charge in [0.05, 0.1) is 12.0 Å². The van der Waals surface area contributed by atoms with Crippen molar-refractivity contribution in [3.8, 4) is 11.1 Å². The predicted octanol–water partition coefficient (Wildman–Crippen LogP) is 4.23. The van der Waals surface area contributed by atoms with Crippen LogP contribution >= 0.6 is 11.6 Å². The third-order valence-corrected chi connectivity index (χ3v) is 5.85. The van der Waals surface area contributed by atoms with Crippen molar-refractivity contribution in [3.05, 3.63) is 88.7 Å². The third kappa shape index (κ3) is 4.48. The number of aromatic carboxylic acids is 1. The van der Waals surface area contributed by atoms with E-state index in [9.17, 15) is 19.5 Å². The van der Waals surface area contributed by atoms with E-state index in [1.807, 2.05) is 42.5 Å². The number of hydrogen-bond acceptors (Lipinski definition) is 4. The van der Waals surface area contributed by atoms with Gasteiger partial charge in [-0.1, -0.05) is 48.0 Å². The Labute approximate surface area is 188 Å². The van der Waals surface area contributed by atoms with Gasteiger partial charge in [0, 0.05) is 22.7 Å². The van der Waals surface area contributed by atoms with E-state index >= 15 is 0 Å². The second kappa shape index (κ2) is 8.43. The van der Waals surface area contributed by atoms with Crippen molar-refractivity contribution < 1.29 is 24.6 Å². The van der Waals surface area contributed by atoms with E-state index in [1.165, 1.54) is 18.3 Å². The van der Waals surface area contributed by atoms with Crippen LogP contribution in [0.4, 0.5) is 0 Å². The molecule has 0 aliphatic heterocycles. The molecule has 1 fully saturated rings. The normalized spacial score (nSPS) is 19.2. The molecule has 3 N–H and O–H groups in total. The molecule has 1 aromatic heterocycles. The van der Waals surface area contributed by atoms with Gasteiger partial charge in [-0.2, -0.15) is 0 Å². The number of aliphatic carboxylic acids is 1. The molecule has 3 aromatic rings. The van der Waals surface area contributed by atoms with E-state index in [0.717, 1.165) is 16.7 Å². The summed E-state index contributed by atoms with van der Waals surface area (Å²) in [5.74, 6) is -2.97. The molecular formula is C24H19ClN2O5. The monoisotopic (exact) mass is 450 g/mol. The van der Waals surface area contributed by atoms with Crippen LogP contribution in [0.25, 0.3) is 11.1 Å². The molecule has 1 unspecified atom stereocenters. The Kier molecular flexibility index (Phi) is 5.67. The van der Waals surface area contributed by atoms with Crippen LogP contribution in [-0.4, -0.2) is 38.6 Å². The first kappa shape index (κ1) is 21.5. The van der Waals surface area contributed by atoms with E-state index in [2.05, 4.69) is 10.3 Å². The molecule has 0 radical (unpaired) electrons. The van der Waals surface area contributed by atoms with Gasteiger partial charge in [-0.25, -0.2) is 9.78 Å². The lowest BCUT2D eigenvalue weighted by atomic mass is 9.99. The Morgan fingerprint density at radius 3 is 2.44 bits per heavy atom. The first-order valence-electron chi connectivity index (χ1n) is 9.87. The second-order valence-electron chi connectivity index (χ2n) is 7.80. The summed E-state index contributed by atoms with van der Waals surface area (Å²) in [7, 11) is 0. The van der Waals surface area contributed by atoms with Crippen molar-refractivity contribution in [2.24, 2.45) is 0 Å². The number of rotatable bonds is 7. The lowest BCUT2D eigenvalue weighted by Gasteiger charge is -2.18. The maximum absolute atomic E-state index is 12.8. The number of carboxylic acids is 2. The highest BCUT2D eigenvalue weighted by Crippen LogP contribution is 2.54. The molecule has 7 nitrogen and oxygen atoms in total. The minimum atomic E-state index is -1.25. The molecule has 1 aliphatic rings. The van der Waals surface area contributed by atoms with E-state index in [-0.39, 0.29) is 23.6 Å². The largest absolute Gasteiger partial charge is 0.481 e. The van der Waals surface area contributed by atoms with E-state index in [0.29, 0.717) is 11.4 Å². The van der Waals surface area contributed by atoms with Gasteiger partial charge in [-0.15, -0.1) is 0 Å². The summed E-state index contributed by atoms with van der Waals surface area (Å²) < 4.78 is 0. The average Bonchev–Trinajstić information content (AvgIpc) is 3.46. The van der Waals surface area contributed by atoms with Crippen LogP contribution in [0, 0.1) is 0 Å². The lowest BCUT2D eigenvalue weighted by Crippen LogP contribution is -2.40. The highest BCUT2D eigenvalue weighted by molar-refractivity contribution is 6.30. The number of halogens is 1. The average molecular weight is 451 g/mol. The zero-order valence-electron chi connectivity index (χ0n) is 16.8. The zero-order valence-corrected chi connectivity index (χ0v) is 17.5. The van der Waals surface area contributed by atoms with Gasteiger partial charge in [-0.05, 0) is 47.4 Å². The highest BCUT2D eigenvalue weighted by Gasteiger charge is 2.57. The van der Waals surface area contributed by atoms with E-state index in [4.69, 9.17) is 16.7 Å². The topological polar surface area (TPSA) is 117 Å². The molecule has 1 heterocycles. The lowest BCUT2D eigenvalue weighted by molar-refractivity contribution is -0.137. The molecule has 0 bridgehead atoms. The molecule has 2 atom stereocenters. The number of carbonyl (C=O) groups is 3. The quantitative estimate of drug-likeness (QED) is 0.496.